The van der Waals surface area contributed by atoms with E-state index in [2.05, 4.69) is 10.4 Å². The van der Waals surface area contributed by atoms with Gasteiger partial charge in [0.1, 0.15) is 17.2 Å². The minimum Gasteiger partial charge on any atom is -0.497 e. The third kappa shape index (κ3) is 5.65. The molecule has 0 aliphatic heterocycles. The molecular weight excluding hydrogens is 418 g/mol. The van der Waals surface area contributed by atoms with Gasteiger partial charge in [-0.05, 0) is 66.7 Å². The molecule has 0 atom stereocenters. The zero-order valence-electron chi connectivity index (χ0n) is 18.1. The fourth-order valence-electron chi connectivity index (χ4n) is 3.20. The minimum atomic E-state index is -0.236. The highest BCUT2D eigenvalue weighted by molar-refractivity contribution is 5.94. The molecule has 33 heavy (non-hydrogen) atoms. The van der Waals surface area contributed by atoms with Crippen molar-refractivity contribution in [3.63, 3.8) is 0 Å². The van der Waals surface area contributed by atoms with Crippen LogP contribution in [0.25, 0.3) is 11.3 Å². The Balaban J connectivity index is 1.35. The first-order valence-corrected chi connectivity index (χ1v) is 10.5. The van der Waals surface area contributed by atoms with Crippen LogP contribution in [0.1, 0.15) is 10.4 Å². The van der Waals surface area contributed by atoms with Crippen LogP contribution < -0.4 is 20.3 Å². The van der Waals surface area contributed by atoms with E-state index in [-0.39, 0.29) is 24.6 Å². The average Bonchev–Trinajstić information content (AvgIpc) is 2.86. The molecule has 1 aromatic heterocycles. The largest absolute Gasteiger partial charge is 0.497 e. The molecule has 0 spiro atoms. The number of carbonyl (C=O) groups excluding carboxylic acids is 1. The van der Waals surface area contributed by atoms with E-state index in [0.717, 1.165) is 17.1 Å². The highest BCUT2D eigenvalue weighted by Gasteiger charge is 2.08. The molecule has 0 aliphatic rings. The molecular formula is C26H23N3O4. The number of amides is 1. The summed E-state index contributed by atoms with van der Waals surface area (Å²) in [6, 6.07) is 26.9. The van der Waals surface area contributed by atoms with Gasteiger partial charge in [-0.2, -0.15) is 5.10 Å². The third-order valence-corrected chi connectivity index (χ3v) is 4.96. The molecule has 7 nitrogen and oxygen atoms in total. The lowest BCUT2D eigenvalue weighted by Gasteiger charge is -2.10. The molecule has 1 N–H and O–H groups in total. The summed E-state index contributed by atoms with van der Waals surface area (Å²) in [6.45, 7) is 0.518. The van der Waals surface area contributed by atoms with Crippen LogP contribution in [0.2, 0.25) is 0 Å². The number of methoxy groups -OCH3 is 1. The molecule has 0 aliphatic carbocycles. The van der Waals surface area contributed by atoms with E-state index in [4.69, 9.17) is 9.47 Å². The maximum atomic E-state index is 12.5. The SMILES string of the molecule is COc1ccc(-c2ccc(=O)n(CCNC(=O)c3ccc(Oc4ccccc4)cc3)n2)cc1. The maximum Gasteiger partial charge on any atom is 0.266 e. The number of hydrogen-bond acceptors (Lipinski definition) is 5. The summed E-state index contributed by atoms with van der Waals surface area (Å²) in [5.74, 6) is 1.88. The molecule has 4 aromatic rings. The normalized spacial score (nSPS) is 10.5. The lowest BCUT2D eigenvalue weighted by molar-refractivity contribution is 0.0951. The van der Waals surface area contributed by atoms with Crippen LogP contribution in [0.3, 0.4) is 0 Å². The van der Waals surface area contributed by atoms with Gasteiger partial charge in [0.2, 0.25) is 0 Å². The van der Waals surface area contributed by atoms with Crippen LogP contribution in [0, 0.1) is 0 Å². The van der Waals surface area contributed by atoms with Gasteiger partial charge >= 0.3 is 0 Å². The first kappa shape index (κ1) is 21.8. The van der Waals surface area contributed by atoms with Gasteiger partial charge in [0.25, 0.3) is 11.5 Å². The first-order chi connectivity index (χ1) is 16.1. The Labute approximate surface area is 191 Å². The van der Waals surface area contributed by atoms with Gasteiger partial charge in [0, 0.05) is 23.7 Å². The van der Waals surface area contributed by atoms with E-state index < -0.39 is 0 Å². The Hall–Kier alpha value is -4.39. The van der Waals surface area contributed by atoms with Gasteiger partial charge in [-0.25, -0.2) is 4.68 Å². The molecule has 0 radical (unpaired) electrons. The molecule has 3 aromatic carbocycles. The number of nitrogens with zero attached hydrogens (tertiary/aromatic N) is 2. The van der Waals surface area contributed by atoms with E-state index in [1.165, 1.54) is 10.7 Å². The number of nitrogens with one attached hydrogen (secondary N) is 1. The number of carbonyl (C=O) groups is 1. The van der Waals surface area contributed by atoms with Crippen LogP contribution in [0.15, 0.2) is 95.8 Å². The van der Waals surface area contributed by atoms with Crippen LogP contribution >= 0.6 is 0 Å². The molecule has 166 valence electrons. The van der Waals surface area contributed by atoms with E-state index in [0.29, 0.717) is 17.0 Å². The number of rotatable bonds is 8. The average molecular weight is 441 g/mol. The van der Waals surface area contributed by atoms with Gasteiger partial charge in [0.05, 0.1) is 19.3 Å². The topological polar surface area (TPSA) is 82.5 Å². The van der Waals surface area contributed by atoms with Gasteiger partial charge in [-0.3, -0.25) is 9.59 Å². The van der Waals surface area contributed by atoms with Crippen molar-refractivity contribution in [2.45, 2.75) is 6.54 Å². The Kier molecular flexibility index (Phi) is 6.80. The van der Waals surface area contributed by atoms with Crippen molar-refractivity contribution in [1.82, 2.24) is 15.1 Å². The number of aromatic nitrogens is 2. The lowest BCUT2D eigenvalue weighted by atomic mass is 10.1. The van der Waals surface area contributed by atoms with Crippen molar-refractivity contribution >= 4 is 5.91 Å². The van der Waals surface area contributed by atoms with Crippen molar-refractivity contribution in [2.24, 2.45) is 0 Å². The summed E-state index contributed by atoms with van der Waals surface area (Å²) >= 11 is 0. The molecule has 4 rings (SSSR count). The summed E-state index contributed by atoms with van der Waals surface area (Å²) in [7, 11) is 1.61. The Morgan fingerprint density at radius 3 is 2.21 bits per heavy atom. The highest BCUT2D eigenvalue weighted by atomic mass is 16.5. The van der Waals surface area contributed by atoms with Crippen LogP contribution in [0.4, 0.5) is 0 Å². The standard InChI is InChI=1S/C26H23N3O4/c1-32-21-11-7-19(8-12-21)24-15-16-25(30)29(28-24)18-17-27-26(31)20-9-13-23(14-10-20)33-22-5-3-2-4-6-22/h2-16H,17-18H2,1H3,(H,27,31). The molecule has 7 heteroatoms. The molecule has 0 saturated heterocycles. The van der Waals surface area contributed by atoms with Crippen LogP contribution in [-0.4, -0.2) is 29.3 Å². The van der Waals surface area contributed by atoms with Gasteiger partial charge < -0.3 is 14.8 Å². The number of benzene rings is 3. The number of hydrogen-bond donors (Lipinski definition) is 1. The Morgan fingerprint density at radius 2 is 1.52 bits per heavy atom. The summed E-state index contributed by atoms with van der Waals surface area (Å²) in [5, 5.41) is 7.24. The number of para-hydroxylation sites is 1. The second-order valence-electron chi connectivity index (χ2n) is 7.20. The van der Waals surface area contributed by atoms with Gasteiger partial charge in [-0.15, -0.1) is 0 Å². The molecule has 1 amide bonds. The van der Waals surface area contributed by atoms with Crippen molar-refractivity contribution in [2.75, 3.05) is 13.7 Å². The Bertz CT molecular complexity index is 1270. The maximum absolute atomic E-state index is 12.5. The summed E-state index contributed by atoms with van der Waals surface area (Å²) in [4.78, 5) is 24.7. The van der Waals surface area contributed by atoms with E-state index in [9.17, 15) is 9.59 Å². The van der Waals surface area contributed by atoms with E-state index in [1.807, 2.05) is 54.6 Å². The zero-order valence-corrected chi connectivity index (χ0v) is 18.1. The fourth-order valence-corrected chi connectivity index (χ4v) is 3.20. The summed E-state index contributed by atoms with van der Waals surface area (Å²) < 4.78 is 12.3. The molecule has 1 heterocycles. The van der Waals surface area contributed by atoms with Crippen LogP contribution in [-0.2, 0) is 6.54 Å². The first-order valence-electron chi connectivity index (χ1n) is 10.5. The van der Waals surface area contributed by atoms with Crippen molar-refractivity contribution in [1.29, 1.82) is 0 Å². The van der Waals surface area contributed by atoms with Crippen LogP contribution in [0.5, 0.6) is 17.2 Å². The fraction of sp³-hybridized carbons (Fsp3) is 0.115. The lowest BCUT2D eigenvalue weighted by Crippen LogP contribution is -2.31. The molecule has 0 bridgehead atoms. The zero-order chi connectivity index (χ0) is 23.0. The number of ether oxygens (including phenoxy) is 2. The molecule has 0 fully saturated rings. The summed E-state index contributed by atoms with van der Waals surface area (Å²) in [5.41, 5.74) is 1.80. The molecule has 0 saturated carbocycles. The van der Waals surface area contributed by atoms with Crippen molar-refractivity contribution in [3.8, 4) is 28.5 Å². The van der Waals surface area contributed by atoms with Gasteiger partial charge in [-0.1, -0.05) is 18.2 Å². The minimum absolute atomic E-state index is 0.232. The predicted octanol–water partition coefficient (Wildman–Crippen LogP) is 4.14. The van der Waals surface area contributed by atoms with Crippen molar-refractivity contribution < 1.29 is 14.3 Å². The smallest absolute Gasteiger partial charge is 0.266 e. The highest BCUT2D eigenvalue weighted by Crippen LogP contribution is 2.21. The Morgan fingerprint density at radius 1 is 0.848 bits per heavy atom. The summed E-state index contributed by atoms with van der Waals surface area (Å²) in [6.07, 6.45) is 0. The van der Waals surface area contributed by atoms with E-state index >= 15 is 0 Å². The predicted molar refractivity (Wildman–Crippen MR) is 126 cm³/mol. The monoisotopic (exact) mass is 441 g/mol. The van der Waals surface area contributed by atoms with E-state index in [1.54, 1.807) is 37.4 Å². The quantitative estimate of drug-likeness (QED) is 0.444. The second-order valence-corrected chi connectivity index (χ2v) is 7.20. The molecule has 0 unspecified atom stereocenters. The second kappa shape index (κ2) is 10.3. The van der Waals surface area contributed by atoms with Gasteiger partial charge in [0.15, 0.2) is 0 Å². The van der Waals surface area contributed by atoms with Crippen molar-refractivity contribution in [3.05, 3.63) is 107 Å². The third-order valence-electron chi connectivity index (χ3n) is 4.96.